The molecule has 7 heteroatoms. The first-order valence-electron chi connectivity index (χ1n) is 11.1. The predicted octanol–water partition coefficient (Wildman–Crippen LogP) is -0.249. The van der Waals surface area contributed by atoms with Gasteiger partial charge in [0.05, 0.1) is 5.69 Å². The Labute approximate surface area is 228 Å². The normalized spacial score (nSPS) is 9.94. The zero-order valence-electron chi connectivity index (χ0n) is 20.9. The molecule has 0 aliphatic carbocycles. The third kappa shape index (κ3) is 8.79. The van der Waals surface area contributed by atoms with Gasteiger partial charge in [-0.1, -0.05) is 41.5 Å². The maximum atomic E-state index is 4.62. The molecule has 0 spiro atoms. The van der Waals surface area contributed by atoms with Crippen molar-refractivity contribution < 1.29 is 41.6 Å². The van der Waals surface area contributed by atoms with Crippen LogP contribution in [-0.4, -0.2) is 18.1 Å². The maximum Gasteiger partial charge on any atom is 2.00 e. The molecule has 0 aliphatic rings. The van der Waals surface area contributed by atoms with Crippen molar-refractivity contribution in [3.8, 4) is 0 Å². The van der Waals surface area contributed by atoms with Gasteiger partial charge in [0.1, 0.15) is 0 Å². The Bertz CT molecular complexity index is 1010. The predicted molar refractivity (Wildman–Crippen MR) is 133 cm³/mol. The molecule has 34 heavy (non-hydrogen) atoms. The number of aromatic nitrogens is 1. The van der Waals surface area contributed by atoms with Gasteiger partial charge in [0, 0.05) is 43.8 Å². The van der Waals surface area contributed by atoms with Gasteiger partial charge in [-0.2, -0.15) is 0 Å². The molecule has 0 bridgehead atoms. The molecule has 0 saturated carbocycles. The van der Waals surface area contributed by atoms with Gasteiger partial charge < -0.3 is 40.8 Å². The van der Waals surface area contributed by atoms with Crippen molar-refractivity contribution in [3.05, 3.63) is 87.2 Å². The Morgan fingerprint density at radius 3 is 1.71 bits per heavy atom. The summed E-state index contributed by atoms with van der Waals surface area (Å²) in [5, 5.41) is 10.7. The second kappa shape index (κ2) is 15.3. The number of anilines is 2. The fourth-order valence-electron chi connectivity index (χ4n) is 4.38. The van der Waals surface area contributed by atoms with Gasteiger partial charge >= 0.3 is 16.8 Å². The maximum absolute atomic E-state index is 4.62. The summed E-state index contributed by atoms with van der Waals surface area (Å²) >= 11 is 0. The third-order valence-corrected chi connectivity index (χ3v) is 5.69. The first-order valence-corrected chi connectivity index (χ1v) is 11.1. The van der Waals surface area contributed by atoms with Crippen LogP contribution in [-0.2, 0) is 29.9 Å². The molecule has 4 nitrogen and oxygen atoms in total. The first kappa shape index (κ1) is 32.2. The van der Waals surface area contributed by atoms with Crippen molar-refractivity contribution in [2.75, 3.05) is 23.7 Å². The van der Waals surface area contributed by atoms with Crippen LogP contribution in [0.5, 0.6) is 0 Å². The third-order valence-electron chi connectivity index (χ3n) is 5.69. The van der Waals surface area contributed by atoms with Crippen LogP contribution in [0.3, 0.4) is 0 Å². The first-order chi connectivity index (χ1) is 14.8. The van der Waals surface area contributed by atoms with E-state index >= 15 is 0 Å². The van der Waals surface area contributed by atoms with Crippen LogP contribution in [0.15, 0.2) is 42.6 Å². The summed E-state index contributed by atoms with van der Waals surface area (Å²) in [7, 11) is 0. The Morgan fingerprint density at radius 2 is 1.18 bits per heavy atom. The number of aryl methyl sites for hydroxylation is 6. The van der Waals surface area contributed by atoms with E-state index in [0.29, 0.717) is 0 Å². The number of nitrogens with one attached hydrogen (secondary N) is 3. The van der Waals surface area contributed by atoms with Gasteiger partial charge in [-0.25, -0.2) is 0 Å². The molecular weight excluding hydrogens is 510 g/mol. The Kier molecular flexibility index (Phi) is 14.5. The number of benzene rings is 2. The minimum absolute atomic E-state index is 0. The number of pyridine rings is 1. The van der Waals surface area contributed by atoms with Crippen LogP contribution >= 0.6 is 0 Å². The number of hydrogen-bond donors (Lipinski definition) is 3. The van der Waals surface area contributed by atoms with E-state index in [1.807, 2.05) is 12.3 Å². The molecule has 0 atom stereocenters. The van der Waals surface area contributed by atoms with Crippen LogP contribution in [0, 0.1) is 41.5 Å². The zero-order valence-corrected chi connectivity index (χ0v) is 23.5. The Balaban J connectivity index is 0.00000363. The van der Waals surface area contributed by atoms with Crippen molar-refractivity contribution in [3.63, 3.8) is 0 Å². The summed E-state index contributed by atoms with van der Waals surface area (Å²) < 4.78 is 0. The molecule has 1 heterocycles. The standard InChI is InChI=1S/C27H36N4.2ClH.Co/c1-18-12-20(3)26(21(4)13-18)30-11-10-28-17-25-24(8-7-9-29-25)16-31-27-22(5)14-19(2)15-23(27)6;;;/h7-9,12-15,28,30-31H,10-11,16-17H2,1-6H3;2*1H;/q;;;+2/p-2. The average molecular weight is 546 g/mol. The summed E-state index contributed by atoms with van der Waals surface area (Å²) in [6, 6.07) is 13.1. The molecule has 2 aromatic carbocycles. The van der Waals surface area contributed by atoms with Gasteiger partial charge in [-0.3, -0.25) is 4.98 Å². The van der Waals surface area contributed by atoms with E-state index in [2.05, 4.69) is 92.8 Å². The SMILES string of the molecule is Cc1cc(C)c(NCCNCc2ncccc2CNc2c(C)cc(C)cc2C)c(C)c1.[Cl-].[Cl-].[Co+2]. The topological polar surface area (TPSA) is 49.0 Å². The molecule has 0 amide bonds. The molecular formula is C27H36Cl2CoN4. The largest absolute Gasteiger partial charge is 2.00 e. The van der Waals surface area contributed by atoms with Gasteiger partial charge in [-0.05, 0) is 75.4 Å². The Morgan fingerprint density at radius 1 is 0.676 bits per heavy atom. The van der Waals surface area contributed by atoms with E-state index in [9.17, 15) is 0 Å². The molecule has 1 radical (unpaired) electrons. The second-order valence-electron chi connectivity index (χ2n) is 8.61. The van der Waals surface area contributed by atoms with Crippen molar-refractivity contribution in [2.45, 2.75) is 54.6 Å². The monoisotopic (exact) mass is 545 g/mol. The molecule has 0 aliphatic heterocycles. The van der Waals surface area contributed by atoms with Crippen LogP contribution in [0.1, 0.15) is 44.6 Å². The minimum Gasteiger partial charge on any atom is -1.00 e. The molecule has 1 aromatic heterocycles. The second-order valence-corrected chi connectivity index (χ2v) is 8.61. The van der Waals surface area contributed by atoms with Gasteiger partial charge in [0.25, 0.3) is 0 Å². The van der Waals surface area contributed by atoms with Gasteiger partial charge in [0.15, 0.2) is 0 Å². The summed E-state index contributed by atoms with van der Waals surface area (Å²) in [6.45, 7) is 16.3. The number of rotatable bonds is 9. The number of nitrogens with zero attached hydrogens (tertiary/aromatic N) is 1. The van der Waals surface area contributed by atoms with Crippen LogP contribution < -0.4 is 40.8 Å². The van der Waals surface area contributed by atoms with Crippen LogP contribution in [0.2, 0.25) is 0 Å². The van der Waals surface area contributed by atoms with Crippen molar-refractivity contribution in [2.24, 2.45) is 0 Å². The molecule has 3 aromatic rings. The fourth-order valence-corrected chi connectivity index (χ4v) is 4.38. The summed E-state index contributed by atoms with van der Waals surface area (Å²) in [5.41, 5.74) is 12.6. The molecule has 0 saturated heterocycles. The van der Waals surface area contributed by atoms with E-state index in [4.69, 9.17) is 0 Å². The zero-order chi connectivity index (χ0) is 22.4. The smallest absolute Gasteiger partial charge is 1.00 e. The van der Waals surface area contributed by atoms with E-state index in [0.717, 1.165) is 31.9 Å². The van der Waals surface area contributed by atoms with E-state index in [1.165, 1.54) is 50.3 Å². The number of halogens is 2. The summed E-state index contributed by atoms with van der Waals surface area (Å²) in [5.74, 6) is 0. The van der Waals surface area contributed by atoms with E-state index in [-0.39, 0.29) is 41.6 Å². The summed E-state index contributed by atoms with van der Waals surface area (Å²) in [6.07, 6.45) is 1.88. The molecule has 3 rings (SSSR count). The van der Waals surface area contributed by atoms with E-state index < -0.39 is 0 Å². The van der Waals surface area contributed by atoms with Gasteiger partial charge in [0.2, 0.25) is 0 Å². The minimum atomic E-state index is 0. The van der Waals surface area contributed by atoms with Crippen molar-refractivity contribution in [1.82, 2.24) is 10.3 Å². The Hall–Kier alpha value is -1.76. The summed E-state index contributed by atoms with van der Waals surface area (Å²) in [4.78, 5) is 4.62. The van der Waals surface area contributed by atoms with E-state index in [1.54, 1.807) is 0 Å². The van der Waals surface area contributed by atoms with Crippen molar-refractivity contribution in [1.29, 1.82) is 0 Å². The molecule has 0 unspecified atom stereocenters. The molecule has 0 fully saturated rings. The average Bonchev–Trinajstić information content (AvgIpc) is 2.69. The quantitative estimate of drug-likeness (QED) is 0.325. The molecule has 187 valence electrons. The van der Waals surface area contributed by atoms with Crippen LogP contribution in [0.25, 0.3) is 0 Å². The number of hydrogen-bond acceptors (Lipinski definition) is 4. The van der Waals surface area contributed by atoms with Gasteiger partial charge in [-0.15, -0.1) is 0 Å². The van der Waals surface area contributed by atoms with Crippen LogP contribution in [0.4, 0.5) is 11.4 Å². The van der Waals surface area contributed by atoms with Crippen molar-refractivity contribution >= 4 is 11.4 Å². The fraction of sp³-hybridized carbons (Fsp3) is 0.370. The molecule has 3 N–H and O–H groups in total.